The van der Waals surface area contributed by atoms with Gasteiger partial charge in [-0.05, 0) is 19.1 Å². The van der Waals surface area contributed by atoms with Crippen LogP contribution in [0.25, 0.3) is 10.8 Å². The molecular weight excluding hydrogens is 279 g/mol. The molecule has 2 rings (SSSR count). The summed E-state index contributed by atoms with van der Waals surface area (Å²) in [6.45, 7) is 6.85. The Hall–Kier alpha value is 0.0264. The molecule has 2 N–H and O–H groups in total. The molecule has 2 aromatic rings. The molecule has 0 fully saturated rings. The Morgan fingerprint density at radius 3 is 2.63 bits per heavy atom. The molecule has 4 heteroatoms. The molecule has 0 aliphatic carbocycles. The predicted molar refractivity (Wildman–Crippen MR) is 84.0 cm³/mol. The Morgan fingerprint density at radius 1 is 1.21 bits per heavy atom. The van der Waals surface area contributed by atoms with E-state index in [1.54, 1.807) is 0 Å². The molecule has 0 spiro atoms. The maximum absolute atomic E-state index is 5.13. The van der Waals surface area contributed by atoms with Gasteiger partial charge in [0.25, 0.3) is 0 Å². The van der Waals surface area contributed by atoms with Crippen molar-refractivity contribution in [3.63, 3.8) is 0 Å². The summed E-state index contributed by atoms with van der Waals surface area (Å²) in [6, 6.07) is 15.1. The molecule has 0 amide bonds. The van der Waals surface area contributed by atoms with Crippen molar-refractivity contribution in [3.8, 4) is 0 Å². The van der Waals surface area contributed by atoms with Crippen molar-refractivity contribution in [2.75, 3.05) is 11.9 Å². The topological polar surface area (TPSA) is 24.1 Å². The minimum atomic E-state index is 0. The van der Waals surface area contributed by atoms with Gasteiger partial charge in [0.2, 0.25) is 0 Å². The van der Waals surface area contributed by atoms with Crippen molar-refractivity contribution in [2.24, 2.45) is 0 Å². The third kappa shape index (κ3) is 6.34. The van der Waals surface area contributed by atoms with Crippen molar-refractivity contribution in [2.45, 2.75) is 20.8 Å². The number of hydrogen-bond acceptors (Lipinski definition) is 1. The van der Waals surface area contributed by atoms with Gasteiger partial charge in [0.05, 0.1) is 0 Å². The van der Waals surface area contributed by atoms with Gasteiger partial charge in [-0.25, -0.2) is 0 Å². The van der Waals surface area contributed by atoms with Gasteiger partial charge in [-0.3, -0.25) is 0 Å². The van der Waals surface area contributed by atoms with Crippen LogP contribution in [0.15, 0.2) is 36.4 Å². The summed E-state index contributed by atoms with van der Waals surface area (Å²) in [4.78, 5) is 0. The molecule has 0 radical (unpaired) electrons. The van der Waals surface area contributed by atoms with Crippen molar-refractivity contribution < 1.29 is 51.4 Å². The average Bonchev–Trinajstić information content (AvgIpc) is 2.41. The largest absolute Gasteiger partial charge is 1.00 e. The fraction of sp³-hybridized carbons (Fsp3) is 0.267. The summed E-state index contributed by atoms with van der Waals surface area (Å²) >= 11 is 5.13. The Labute approximate surface area is 163 Å². The minimum Gasteiger partial charge on any atom is -0.363 e. The average molecular weight is 298 g/mol. The van der Waals surface area contributed by atoms with Crippen LogP contribution in [0.4, 0.5) is 5.69 Å². The summed E-state index contributed by atoms with van der Waals surface area (Å²) in [5.41, 5.74) is 1.00. The molecule has 96 valence electrons. The molecular formula is C15H19KN2S. The first-order chi connectivity index (χ1) is 8.79. The molecule has 0 saturated carbocycles. The number of benzene rings is 2. The zero-order valence-electron chi connectivity index (χ0n) is 12.1. The van der Waals surface area contributed by atoms with Crippen LogP contribution in [-0.2, 0) is 0 Å². The first-order valence-corrected chi connectivity index (χ1v) is 6.65. The Morgan fingerprint density at radius 2 is 1.95 bits per heavy atom. The molecule has 0 unspecified atom stereocenters. The third-order valence-electron chi connectivity index (χ3n) is 2.28. The maximum Gasteiger partial charge on any atom is 1.00 e. The van der Waals surface area contributed by atoms with Crippen molar-refractivity contribution in [1.29, 1.82) is 0 Å². The van der Waals surface area contributed by atoms with Crippen molar-refractivity contribution in [1.82, 2.24) is 5.32 Å². The third-order valence-corrected chi connectivity index (χ3v) is 2.53. The van der Waals surface area contributed by atoms with Gasteiger partial charge in [-0.15, -0.1) is 16.8 Å². The molecule has 0 atom stereocenters. The second-order valence-corrected chi connectivity index (χ2v) is 3.88. The molecule has 0 aliphatic heterocycles. The first kappa shape index (κ1) is 19.0. The molecule has 0 saturated heterocycles. The standard InChI is InChI=1S/C13H13N2S.C2H6.K/c1-2-14-13(16)15-12-8-7-10-5-3-4-6-11(10)9-12;1-2;/h4-9H,2H2,1H3,(H2,14,15,16);1-2H3;/q-1;;+1. The van der Waals surface area contributed by atoms with E-state index in [2.05, 4.69) is 28.8 Å². The van der Waals surface area contributed by atoms with Crippen LogP contribution < -0.4 is 62.0 Å². The van der Waals surface area contributed by atoms with Gasteiger partial charge in [0.15, 0.2) is 5.11 Å². The maximum atomic E-state index is 5.13. The van der Waals surface area contributed by atoms with Crippen LogP contribution in [0.5, 0.6) is 0 Å². The van der Waals surface area contributed by atoms with Crippen LogP contribution in [0.2, 0.25) is 0 Å². The van der Waals surface area contributed by atoms with Gasteiger partial charge >= 0.3 is 51.4 Å². The smallest absolute Gasteiger partial charge is 0.363 e. The number of nitrogens with one attached hydrogen (secondary N) is 2. The van der Waals surface area contributed by atoms with E-state index in [0.29, 0.717) is 5.11 Å². The molecule has 0 heterocycles. The van der Waals surface area contributed by atoms with Crippen molar-refractivity contribution >= 4 is 33.8 Å². The molecule has 2 aromatic carbocycles. The fourth-order valence-electron chi connectivity index (χ4n) is 1.54. The normalized spacial score (nSPS) is 8.79. The van der Waals surface area contributed by atoms with E-state index in [-0.39, 0.29) is 51.4 Å². The summed E-state index contributed by atoms with van der Waals surface area (Å²) in [6.07, 6.45) is 0. The number of rotatable bonds is 2. The second-order valence-electron chi connectivity index (χ2n) is 3.47. The molecule has 0 bridgehead atoms. The summed E-state index contributed by atoms with van der Waals surface area (Å²) in [5, 5.41) is 9.22. The van der Waals surface area contributed by atoms with E-state index >= 15 is 0 Å². The molecule has 19 heavy (non-hydrogen) atoms. The molecule has 0 aliphatic rings. The Kier molecular flexibility index (Phi) is 10.8. The van der Waals surface area contributed by atoms with E-state index in [4.69, 9.17) is 12.2 Å². The monoisotopic (exact) mass is 298 g/mol. The summed E-state index contributed by atoms with van der Waals surface area (Å²) in [7, 11) is 0. The zero-order chi connectivity index (χ0) is 13.4. The summed E-state index contributed by atoms with van der Waals surface area (Å²) in [5.74, 6) is 0. The SMILES string of the molecule is CC.CCNC(=S)Nc1ccc2c[c-]ccc2c1.[K+]. The minimum absolute atomic E-state index is 0. The zero-order valence-corrected chi connectivity index (χ0v) is 16.0. The molecule has 2 nitrogen and oxygen atoms in total. The second kappa shape index (κ2) is 10.8. The van der Waals surface area contributed by atoms with Crippen LogP contribution in [-0.4, -0.2) is 11.7 Å². The van der Waals surface area contributed by atoms with Crippen molar-refractivity contribution in [3.05, 3.63) is 42.5 Å². The number of hydrogen-bond donors (Lipinski definition) is 2. The van der Waals surface area contributed by atoms with Crippen LogP contribution >= 0.6 is 12.2 Å². The number of anilines is 1. The van der Waals surface area contributed by atoms with Crippen LogP contribution in [0, 0.1) is 6.07 Å². The van der Waals surface area contributed by atoms with Crippen LogP contribution in [0.3, 0.4) is 0 Å². The van der Waals surface area contributed by atoms with Gasteiger partial charge in [0, 0.05) is 12.2 Å². The predicted octanol–water partition coefficient (Wildman–Crippen LogP) is 0.976. The quantitative estimate of drug-likeness (QED) is 0.491. The van der Waals surface area contributed by atoms with Gasteiger partial charge < -0.3 is 10.6 Å². The Bertz CT molecular complexity index is 514. The first-order valence-electron chi connectivity index (χ1n) is 6.24. The van der Waals surface area contributed by atoms with E-state index in [9.17, 15) is 0 Å². The fourth-order valence-corrected chi connectivity index (χ4v) is 1.80. The number of fused-ring (bicyclic) bond motifs is 1. The van der Waals surface area contributed by atoms with Gasteiger partial charge in [0.1, 0.15) is 0 Å². The van der Waals surface area contributed by atoms with E-state index < -0.39 is 0 Å². The van der Waals surface area contributed by atoms with E-state index in [0.717, 1.165) is 12.2 Å². The van der Waals surface area contributed by atoms with Gasteiger partial charge in [-0.1, -0.05) is 26.0 Å². The Balaban J connectivity index is 0.00000103. The van der Waals surface area contributed by atoms with E-state index in [1.165, 1.54) is 10.8 Å². The van der Waals surface area contributed by atoms with Crippen LogP contribution in [0.1, 0.15) is 20.8 Å². The molecule has 0 aromatic heterocycles. The summed E-state index contributed by atoms with van der Waals surface area (Å²) < 4.78 is 0. The van der Waals surface area contributed by atoms with E-state index in [1.807, 2.05) is 45.0 Å². The van der Waals surface area contributed by atoms with Gasteiger partial charge in [-0.2, -0.15) is 24.3 Å². The number of thiocarbonyl (C=S) groups is 1.